The summed E-state index contributed by atoms with van der Waals surface area (Å²) in [6.07, 6.45) is 2.43. The minimum atomic E-state index is -1.65. The fraction of sp³-hybridized carbons (Fsp3) is 0.700. The van der Waals surface area contributed by atoms with E-state index in [1.807, 2.05) is 6.92 Å². The molecule has 0 radical (unpaired) electrons. The highest BCUT2D eigenvalue weighted by Gasteiger charge is 2.22. The maximum Gasteiger partial charge on any atom is 0.332 e. The van der Waals surface area contributed by atoms with Crippen LogP contribution in [0.1, 0.15) is 19.8 Å². The molecule has 1 unspecified atom stereocenters. The normalized spacial score (nSPS) is 13.4. The maximum atomic E-state index is 11.0. The lowest BCUT2D eigenvalue weighted by molar-refractivity contribution is -0.159. The van der Waals surface area contributed by atoms with Crippen LogP contribution < -0.4 is 0 Å². The summed E-state index contributed by atoms with van der Waals surface area (Å²) in [5.74, 6) is -0.415. The van der Waals surface area contributed by atoms with Crippen LogP contribution in [-0.4, -0.2) is 20.6 Å². The zero-order chi connectivity index (χ0) is 11.2. The molecule has 14 heavy (non-hydrogen) atoms. The Morgan fingerprint density at radius 1 is 1.50 bits per heavy atom. The molecule has 0 heterocycles. The van der Waals surface area contributed by atoms with Gasteiger partial charge in [0.25, 0.3) is 0 Å². The molecule has 0 aliphatic carbocycles. The van der Waals surface area contributed by atoms with Gasteiger partial charge in [-0.2, -0.15) is 0 Å². The first kappa shape index (κ1) is 13.4. The molecule has 0 rings (SSSR count). The van der Waals surface area contributed by atoms with Crippen molar-refractivity contribution in [1.82, 2.24) is 0 Å². The summed E-state index contributed by atoms with van der Waals surface area (Å²) in [6, 6.07) is 0. The molecule has 4 heteroatoms. The summed E-state index contributed by atoms with van der Waals surface area (Å²) in [7, 11) is -1.65. The summed E-state index contributed by atoms with van der Waals surface area (Å²) in [5, 5.41) is 0. The van der Waals surface area contributed by atoms with E-state index in [-0.39, 0.29) is 0 Å². The van der Waals surface area contributed by atoms with Crippen molar-refractivity contribution in [2.45, 2.75) is 45.7 Å². The Kier molecular flexibility index (Phi) is 5.72. The molecule has 0 bridgehead atoms. The number of rotatable bonds is 6. The number of ether oxygens (including phenoxy) is 1. The molecule has 0 aliphatic rings. The third-order valence-corrected chi connectivity index (χ3v) is 2.39. The molecule has 0 fully saturated rings. The third kappa shape index (κ3) is 6.86. The topological polar surface area (TPSA) is 35.5 Å². The molecule has 82 valence electrons. The fourth-order valence-corrected chi connectivity index (χ4v) is 1.90. The van der Waals surface area contributed by atoms with Crippen LogP contribution in [0.4, 0.5) is 0 Å². The molecule has 0 spiro atoms. The van der Waals surface area contributed by atoms with Crippen LogP contribution in [0.15, 0.2) is 12.7 Å². The van der Waals surface area contributed by atoms with Crippen molar-refractivity contribution >= 4 is 14.3 Å². The zero-order valence-corrected chi connectivity index (χ0v) is 10.5. The second-order valence-corrected chi connectivity index (χ2v) is 8.55. The van der Waals surface area contributed by atoms with Crippen molar-refractivity contribution in [3.8, 4) is 0 Å². The quantitative estimate of drug-likeness (QED) is 0.296. The van der Waals surface area contributed by atoms with Crippen molar-refractivity contribution in [1.29, 1.82) is 0 Å². The molecule has 0 aromatic rings. The monoisotopic (exact) mass is 216 g/mol. The highest BCUT2D eigenvalue weighted by Crippen LogP contribution is 2.13. The highest BCUT2D eigenvalue weighted by atomic mass is 28.4. The summed E-state index contributed by atoms with van der Waals surface area (Å²) < 4.78 is 10.8. The Hall–Kier alpha value is -0.613. The van der Waals surface area contributed by atoms with Crippen molar-refractivity contribution in [2.24, 2.45) is 0 Å². The van der Waals surface area contributed by atoms with E-state index in [1.54, 1.807) is 0 Å². The van der Waals surface area contributed by atoms with E-state index in [2.05, 4.69) is 26.2 Å². The van der Waals surface area contributed by atoms with Crippen LogP contribution in [0.5, 0.6) is 0 Å². The lowest BCUT2D eigenvalue weighted by Crippen LogP contribution is -2.34. The van der Waals surface area contributed by atoms with E-state index in [4.69, 9.17) is 9.16 Å². The van der Waals surface area contributed by atoms with Gasteiger partial charge in [-0.3, -0.25) is 0 Å². The van der Waals surface area contributed by atoms with Crippen LogP contribution >= 0.6 is 0 Å². The van der Waals surface area contributed by atoms with E-state index < -0.39 is 20.6 Å². The van der Waals surface area contributed by atoms with Gasteiger partial charge in [-0.25, -0.2) is 4.79 Å². The van der Waals surface area contributed by atoms with E-state index in [0.717, 1.165) is 18.9 Å². The van der Waals surface area contributed by atoms with Gasteiger partial charge in [0.15, 0.2) is 14.6 Å². The minimum Gasteiger partial charge on any atom is -0.434 e. The Morgan fingerprint density at radius 3 is 2.43 bits per heavy atom. The Morgan fingerprint density at radius 2 is 2.07 bits per heavy atom. The molecular weight excluding hydrogens is 196 g/mol. The molecule has 0 aliphatic heterocycles. The van der Waals surface area contributed by atoms with Gasteiger partial charge in [-0.15, -0.1) is 0 Å². The molecule has 0 amide bonds. The molecule has 0 aromatic carbocycles. The maximum absolute atomic E-state index is 11.0. The summed E-state index contributed by atoms with van der Waals surface area (Å²) in [5.41, 5.74) is 0. The van der Waals surface area contributed by atoms with Crippen molar-refractivity contribution in [2.75, 3.05) is 0 Å². The van der Waals surface area contributed by atoms with Crippen LogP contribution in [0.25, 0.3) is 0 Å². The SMILES string of the molecule is C=CC(=O)OC(CCC)O[Si](C)(C)C. The molecule has 0 saturated heterocycles. The Balaban J connectivity index is 4.15. The average Bonchev–Trinajstić information content (AvgIpc) is 2.01. The first-order chi connectivity index (χ1) is 6.39. The number of carbonyl (C=O) groups is 1. The summed E-state index contributed by atoms with van der Waals surface area (Å²) >= 11 is 0. The Labute approximate surface area is 87.2 Å². The summed E-state index contributed by atoms with van der Waals surface area (Å²) in [4.78, 5) is 11.0. The van der Waals surface area contributed by atoms with Crippen LogP contribution in [0, 0.1) is 0 Å². The number of esters is 1. The number of carbonyl (C=O) groups excluding carboxylic acids is 1. The van der Waals surface area contributed by atoms with Gasteiger partial charge in [0, 0.05) is 12.5 Å². The average molecular weight is 216 g/mol. The minimum absolute atomic E-state index is 0.405. The second-order valence-electron chi connectivity index (χ2n) is 4.09. The second kappa shape index (κ2) is 5.98. The van der Waals surface area contributed by atoms with Crippen molar-refractivity contribution < 1.29 is 14.0 Å². The van der Waals surface area contributed by atoms with Crippen LogP contribution in [-0.2, 0) is 14.0 Å². The predicted molar refractivity (Wildman–Crippen MR) is 59.4 cm³/mol. The van der Waals surface area contributed by atoms with E-state index >= 15 is 0 Å². The molecule has 0 saturated carbocycles. The van der Waals surface area contributed by atoms with Gasteiger partial charge in [-0.05, 0) is 19.6 Å². The molecule has 0 N–H and O–H groups in total. The van der Waals surface area contributed by atoms with Gasteiger partial charge in [0.05, 0.1) is 0 Å². The first-order valence-corrected chi connectivity index (χ1v) is 8.30. The predicted octanol–water partition coefficient (Wildman–Crippen LogP) is 2.69. The lowest BCUT2D eigenvalue weighted by Gasteiger charge is -2.25. The van der Waals surface area contributed by atoms with Crippen LogP contribution in [0.2, 0.25) is 19.6 Å². The molecule has 1 atom stereocenters. The molecule has 3 nitrogen and oxygen atoms in total. The van der Waals surface area contributed by atoms with E-state index in [9.17, 15) is 4.79 Å². The summed E-state index contributed by atoms with van der Waals surface area (Å²) in [6.45, 7) is 11.6. The van der Waals surface area contributed by atoms with Gasteiger partial charge in [0.1, 0.15) is 0 Å². The number of hydrogen-bond acceptors (Lipinski definition) is 3. The van der Waals surface area contributed by atoms with Crippen LogP contribution in [0.3, 0.4) is 0 Å². The van der Waals surface area contributed by atoms with E-state index in [1.165, 1.54) is 0 Å². The van der Waals surface area contributed by atoms with Crippen molar-refractivity contribution in [3.05, 3.63) is 12.7 Å². The lowest BCUT2D eigenvalue weighted by atomic mass is 10.3. The first-order valence-electron chi connectivity index (χ1n) is 4.90. The smallest absolute Gasteiger partial charge is 0.332 e. The third-order valence-electron chi connectivity index (χ3n) is 1.42. The fourth-order valence-electron chi connectivity index (χ4n) is 0.950. The van der Waals surface area contributed by atoms with Gasteiger partial charge in [0.2, 0.25) is 0 Å². The largest absolute Gasteiger partial charge is 0.434 e. The van der Waals surface area contributed by atoms with E-state index in [0.29, 0.717) is 0 Å². The zero-order valence-electron chi connectivity index (χ0n) is 9.50. The van der Waals surface area contributed by atoms with Gasteiger partial charge in [-0.1, -0.05) is 19.9 Å². The highest BCUT2D eigenvalue weighted by molar-refractivity contribution is 6.69. The Bertz CT molecular complexity index is 196. The van der Waals surface area contributed by atoms with Gasteiger partial charge < -0.3 is 9.16 Å². The standard InChI is InChI=1S/C10H20O3Si/c1-6-8-10(12-9(11)7-2)13-14(3,4)5/h7,10H,2,6,8H2,1,3-5H3. The van der Waals surface area contributed by atoms with Gasteiger partial charge >= 0.3 is 5.97 Å². The number of hydrogen-bond donors (Lipinski definition) is 0. The molecular formula is C10H20O3Si. The van der Waals surface area contributed by atoms with Crippen molar-refractivity contribution in [3.63, 3.8) is 0 Å². The molecule has 0 aromatic heterocycles.